The van der Waals surface area contributed by atoms with Gasteiger partial charge in [-0.25, -0.2) is 4.99 Å². The summed E-state index contributed by atoms with van der Waals surface area (Å²) in [4.78, 5) is 22.1. The Bertz CT molecular complexity index is 1340. The third kappa shape index (κ3) is 4.33. The maximum Gasteiger partial charge on any atom is 0.262 e. The van der Waals surface area contributed by atoms with Gasteiger partial charge in [-0.15, -0.1) is 11.3 Å². The van der Waals surface area contributed by atoms with Crippen LogP contribution in [0.25, 0.3) is 11.3 Å². The molecule has 0 fully saturated rings. The summed E-state index contributed by atoms with van der Waals surface area (Å²) in [5.41, 5.74) is 5.87. The molecule has 0 bridgehead atoms. The van der Waals surface area contributed by atoms with Crippen molar-refractivity contribution in [1.82, 2.24) is 9.55 Å². The number of aromatic nitrogens is 2. The first-order valence-corrected chi connectivity index (χ1v) is 11.3. The minimum absolute atomic E-state index is 0.0500. The fourth-order valence-corrected chi connectivity index (χ4v) is 4.64. The molecule has 1 N–H and O–H groups in total. The van der Waals surface area contributed by atoms with Crippen LogP contribution in [0.1, 0.15) is 11.3 Å². The van der Waals surface area contributed by atoms with Crippen LogP contribution >= 0.6 is 11.3 Å². The number of carbonyl (C=O) groups excluding carboxylic acids is 1. The van der Waals surface area contributed by atoms with Crippen LogP contribution in [0.5, 0.6) is 5.75 Å². The van der Waals surface area contributed by atoms with Gasteiger partial charge in [0.15, 0.2) is 11.4 Å². The van der Waals surface area contributed by atoms with Gasteiger partial charge in [0.2, 0.25) is 0 Å². The normalized spacial score (nSPS) is 13.4. The highest BCUT2D eigenvalue weighted by Gasteiger charge is 2.18. The number of anilines is 1. The van der Waals surface area contributed by atoms with Gasteiger partial charge in [0.05, 0.1) is 17.1 Å². The quantitative estimate of drug-likeness (QED) is 0.486. The van der Waals surface area contributed by atoms with Crippen molar-refractivity contribution in [3.8, 4) is 17.0 Å². The maximum atomic E-state index is 11.8. The third-order valence-electron chi connectivity index (χ3n) is 5.25. The lowest BCUT2D eigenvalue weighted by Gasteiger charge is -2.19. The molecule has 0 atom stereocenters. The summed E-state index contributed by atoms with van der Waals surface area (Å²) in [7, 11) is 0. The second kappa shape index (κ2) is 8.80. The number of nitrogens with zero attached hydrogens (tertiary/aromatic N) is 3. The number of thiazole rings is 1. The molecule has 160 valence electrons. The van der Waals surface area contributed by atoms with Gasteiger partial charge in [-0.1, -0.05) is 18.2 Å². The van der Waals surface area contributed by atoms with Crippen LogP contribution in [-0.4, -0.2) is 22.1 Å². The van der Waals surface area contributed by atoms with Crippen molar-refractivity contribution in [3.05, 3.63) is 88.3 Å². The van der Waals surface area contributed by atoms with Crippen LogP contribution in [0.15, 0.2) is 77.2 Å². The molecule has 32 heavy (non-hydrogen) atoms. The number of fused-ring (bicyclic) bond motifs is 1. The number of aryl methyl sites for hydroxylation is 2. The van der Waals surface area contributed by atoms with Gasteiger partial charge in [-0.05, 0) is 55.0 Å². The molecule has 1 aliphatic rings. The number of nitrogens with one attached hydrogen (secondary N) is 1. The van der Waals surface area contributed by atoms with E-state index in [1.807, 2.05) is 54.7 Å². The molecule has 2 aromatic carbocycles. The number of hydrogen-bond acceptors (Lipinski definition) is 5. The van der Waals surface area contributed by atoms with Crippen molar-refractivity contribution in [1.29, 1.82) is 0 Å². The summed E-state index contributed by atoms with van der Waals surface area (Å²) >= 11 is 1.60. The molecule has 4 aromatic rings. The highest BCUT2D eigenvalue weighted by molar-refractivity contribution is 7.07. The first kappa shape index (κ1) is 20.2. The van der Waals surface area contributed by atoms with E-state index in [1.165, 1.54) is 5.56 Å². The number of carbonyl (C=O) groups is 1. The average molecular weight is 443 g/mol. The van der Waals surface area contributed by atoms with Gasteiger partial charge in [0.1, 0.15) is 5.75 Å². The monoisotopic (exact) mass is 442 g/mol. The molecule has 0 saturated heterocycles. The van der Waals surface area contributed by atoms with E-state index in [1.54, 1.807) is 11.3 Å². The highest BCUT2D eigenvalue weighted by Crippen LogP contribution is 2.33. The second-order valence-electron chi connectivity index (χ2n) is 7.62. The Morgan fingerprint density at radius 1 is 1.16 bits per heavy atom. The van der Waals surface area contributed by atoms with Crippen LogP contribution in [0.4, 0.5) is 11.4 Å². The predicted molar refractivity (Wildman–Crippen MR) is 126 cm³/mol. The Balaban J connectivity index is 1.57. The summed E-state index contributed by atoms with van der Waals surface area (Å²) in [6, 6.07) is 20.0. The summed E-state index contributed by atoms with van der Waals surface area (Å²) in [6.45, 7) is 2.85. The predicted octanol–water partition coefficient (Wildman–Crippen LogP) is 4.73. The molecule has 2 aromatic heterocycles. The van der Waals surface area contributed by atoms with E-state index in [2.05, 4.69) is 39.3 Å². The highest BCUT2D eigenvalue weighted by atomic mass is 32.1. The van der Waals surface area contributed by atoms with Crippen molar-refractivity contribution < 1.29 is 9.53 Å². The number of pyridine rings is 1. The Labute approximate surface area is 189 Å². The van der Waals surface area contributed by atoms with Crippen LogP contribution < -0.4 is 14.9 Å². The van der Waals surface area contributed by atoms with Gasteiger partial charge in [0, 0.05) is 35.8 Å². The Morgan fingerprint density at radius 3 is 2.94 bits per heavy atom. The van der Waals surface area contributed by atoms with Crippen molar-refractivity contribution in [2.45, 2.75) is 19.9 Å². The molecule has 0 unspecified atom stereocenters. The summed E-state index contributed by atoms with van der Waals surface area (Å²) in [5, 5.41) is 5.01. The lowest BCUT2D eigenvalue weighted by molar-refractivity contribution is -0.118. The molecule has 5 rings (SSSR count). The Morgan fingerprint density at radius 2 is 2.09 bits per heavy atom. The van der Waals surface area contributed by atoms with E-state index in [-0.39, 0.29) is 12.5 Å². The molecule has 0 radical (unpaired) electrons. The molecule has 0 saturated carbocycles. The fourth-order valence-electron chi connectivity index (χ4n) is 3.69. The minimum Gasteiger partial charge on any atom is -0.482 e. The zero-order valence-corrected chi connectivity index (χ0v) is 18.4. The number of rotatable bonds is 5. The van der Waals surface area contributed by atoms with Crippen molar-refractivity contribution in [2.75, 3.05) is 11.9 Å². The van der Waals surface area contributed by atoms with Crippen molar-refractivity contribution in [3.63, 3.8) is 0 Å². The van der Waals surface area contributed by atoms with Gasteiger partial charge in [-0.2, -0.15) is 0 Å². The van der Waals surface area contributed by atoms with Crippen molar-refractivity contribution in [2.24, 2.45) is 4.99 Å². The van der Waals surface area contributed by atoms with Gasteiger partial charge in [-0.3, -0.25) is 9.78 Å². The number of hydrogen-bond donors (Lipinski definition) is 1. The van der Waals surface area contributed by atoms with E-state index in [9.17, 15) is 4.79 Å². The number of ether oxygens (including phenoxy) is 1. The lowest BCUT2D eigenvalue weighted by atomic mass is 10.1. The topological polar surface area (TPSA) is 68.5 Å². The Kier molecular flexibility index (Phi) is 5.56. The van der Waals surface area contributed by atoms with Crippen LogP contribution in [0.2, 0.25) is 0 Å². The van der Waals surface area contributed by atoms with Gasteiger partial charge in [0.25, 0.3) is 5.91 Å². The van der Waals surface area contributed by atoms with Crippen LogP contribution in [-0.2, 0) is 17.8 Å². The summed E-state index contributed by atoms with van der Waals surface area (Å²) in [5.74, 6) is 0.548. The molecule has 1 amide bonds. The SMILES string of the molecule is Cc1cccc(N=c2scc(-c3ccc4c(c3)NC(=O)CO4)n2CCc2ccccn2)c1. The van der Waals surface area contributed by atoms with Crippen LogP contribution in [0, 0.1) is 6.92 Å². The first-order valence-electron chi connectivity index (χ1n) is 10.4. The minimum atomic E-state index is -0.141. The first-order chi connectivity index (χ1) is 15.7. The van der Waals surface area contributed by atoms with Gasteiger partial charge < -0.3 is 14.6 Å². The molecule has 0 spiro atoms. The molecule has 3 heterocycles. The van der Waals surface area contributed by atoms with E-state index >= 15 is 0 Å². The lowest BCUT2D eigenvalue weighted by Crippen LogP contribution is -2.25. The average Bonchev–Trinajstić information content (AvgIpc) is 3.20. The van der Waals surface area contributed by atoms with E-state index in [4.69, 9.17) is 9.73 Å². The zero-order chi connectivity index (χ0) is 21.9. The van der Waals surface area contributed by atoms with E-state index in [0.717, 1.165) is 40.4 Å². The molecule has 6 nitrogen and oxygen atoms in total. The zero-order valence-electron chi connectivity index (χ0n) is 17.6. The third-order valence-corrected chi connectivity index (χ3v) is 6.11. The maximum absolute atomic E-state index is 11.8. The second-order valence-corrected chi connectivity index (χ2v) is 8.46. The summed E-state index contributed by atoms with van der Waals surface area (Å²) in [6.07, 6.45) is 2.61. The van der Waals surface area contributed by atoms with Crippen molar-refractivity contribution >= 4 is 28.6 Å². The largest absolute Gasteiger partial charge is 0.482 e. The Hall–Kier alpha value is -3.71. The summed E-state index contributed by atoms with van der Waals surface area (Å²) < 4.78 is 7.73. The standard InChI is InChI=1S/C25H22N4O2S/c1-17-5-4-7-20(13-17)27-25-29(12-10-19-6-2-3-11-26-19)22(16-32-25)18-8-9-23-21(14-18)28-24(30)15-31-23/h2-9,11,13-14,16H,10,12,15H2,1H3,(H,28,30). The van der Waals surface area contributed by atoms with Crippen LogP contribution in [0.3, 0.4) is 0 Å². The number of amides is 1. The molecular formula is C25H22N4O2S. The van der Waals surface area contributed by atoms with Gasteiger partial charge >= 0.3 is 0 Å². The molecular weight excluding hydrogens is 420 g/mol. The van der Waals surface area contributed by atoms with E-state index in [0.29, 0.717) is 11.4 Å². The van der Waals surface area contributed by atoms with E-state index < -0.39 is 0 Å². The molecule has 0 aliphatic carbocycles. The fraction of sp³-hybridized carbons (Fsp3) is 0.160. The molecule has 1 aliphatic heterocycles. The smallest absolute Gasteiger partial charge is 0.262 e. The number of benzene rings is 2. The molecule has 7 heteroatoms.